The molecule has 4 nitrogen and oxygen atoms in total. The first-order chi connectivity index (χ1) is 11.6. The Morgan fingerprint density at radius 1 is 1.33 bits per heavy atom. The van der Waals surface area contributed by atoms with Crippen LogP contribution in [0.1, 0.15) is 22.8 Å². The Bertz CT molecular complexity index is 794. The quantitative estimate of drug-likeness (QED) is 0.656. The summed E-state index contributed by atoms with van der Waals surface area (Å²) in [4.78, 5) is 25.6. The van der Waals surface area contributed by atoms with E-state index in [2.05, 4.69) is 5.32 Å². The second-order valence-electron chi connectivity index (χ2n) is 5.32. The van der Waals surface area contributed by atoms with Crippen molar-refractivity contribution in [2.24, 2.45) is 0 Å². The maximum Gasteiger partial charge on any atom is 0.339 e. The lowest BCUT2D eigenvalue weighted by Crippen LogP contribution is -2.38. The molecule has 6 heteroatoms. The molecule has 1 amide bonds. The minimum absolute atomic E-state index is 0.316. The van der Waals surface area contributed by atoms with E-state index in [4.69, 9.17) is 16.3 Å². The van der Waals surface area contributed by atoms with Gasteiger partial charge in [0.2, 0.25) is 0 Å². The number of amides is 1. The fraction of sp³-hybridized carbons (Fsp3) is 0.222. The van der Waals surface area contributed by atoms with Crippen LogP contribution < -0.4 is 5.32 Å². The van der Waals surface area contributed by atoms with Crippen LogP contribution in [0.15, 0.2) is 47.4 Å². The van der Waals surface area contributed by atoms with E-state index < -0.39 is 12.1 Å². The van der Waals surface area contributed by atoms with Gasteiger partial charge in [-0.1, -0.05) is 30.7 Å². The number of hydrogen-bond acceptors (Lipinski definition) is 4. The smallest absolute Gasteiger partial charge is 0.339 e. The number of nitrogens with one attached hydrogen (secondary N) is 1. The van der Waals surface area contributed by atoms with Gasteiger partial charge < -0.3 is 10.1 Å². The highest BCUT2D eigenvalue weighted by atomic mass is 35.5. The molecule has 1 N–H and O–H groups in total. The second-order valence-corrected chi connectivity index (χ2v) is 7.06. The highest BCUT2D eigenvalue weighted by Crippen LogP contribution is 2.28. The zero-order valence-electron chi connectivity index (χ0n) is 13.0. The normalized spacial score (nSPS) is 16.2. The maximum absolute atomic E-state index is 12.5. The van der Waals surface area contributed by atoms with Gasteiger partial charge >= 0.3 is 5.97 Å². The Labute approximate surface area is 149 Å². The molecule has 1 aliphatic heterocycles. The fourth-order valence-electron chi connectivity index (χ4n) is 2.58. The van der Waals surface area contributed by atoms with Crippen LogP contribution in [0.25, 0.3) is 0 Å². The standard InChI is InChI=1S/C18H16ClNO3S/c1-2-24-16-6-4-3-5-14(16)20-17(21)15-10-11-9-12(19)7-8-13(11)18(22)23-15/h3-9,15H,2,10H2,1H3,(H,20,21). The molecule has 0 fully saturated rings. The number of ether oxygens (including phenoxy) is 1. The van der Waals surface area contributed by atoms with Crippen LogP contribution in [0.4, 0.5) is 5.69 Å². The summed E-state index contributed by atoms with van der Waals surface area (Å²) in [6.45, 7) is 2.05. The van der Waals surface area contributed by atoms with Gasteiger partial charge in [0, 0.05) is 16.3 Å². The predicted octanol–water partition coefficient (Wildman–Crippen LogP) is 4.17. The molecule has 1 unspecified atom stereocenters. The molecule has 124 valence electrons. The molecule has 2 aromatic rings. The van der Waals surface area contributed by atoms with Crippen molar-refractivity contribution in [3.8, 4) is 0 Å². The van der Waals surface area contributed by atoms with Gasteiger partial charge in [-0.2, -0.15) is 0 Å². The number of halogens is 1. The summed E-state index contributed by atoms with van der Waals surface area (Å²) in [5, 5.41) is 3.40. The zero-order valence-corrected chi connectivity index (χ0v) is 14.6. The second kappa shape index (κ2) is 7.28. The molecule has 1 atom stereocenters. The number of cyclic esters (lactones) is 1. The molecular weight excluding hydrogens is 346 g/mol. The van der Waals surface area contributed by atoms with Crippen molar-refractivity contribution in [2.45, 2.75) is 24.3 Å². The molecule has 0 aromatic heterocycles. The van der Waals surface area contributed by atoms with E-state index in [1.807, 2.05) is 31.2 Å². The molecule has 0 spiro atoms. The molecular formula is C18H16ClNO3S. The van der Waals surface area contributed by atoms with Crippen LogP contribution in [0.3, 0.4) is 0 Å². The van der Waals surface area contributed by atoms with E-state index >= 15 is 0 Å². The summed E-state index contributed by atoms with van der Waals surface area (Å²) in [5.74, 6) is 0.0689. The minimum atomic E-state index is -0.858. The fourth-order valence-corrected chi connectivity index (χ4v) is 3.53. The van der Waals surface area contributed by atoms with Crippen molar-refractivity contribution in [1.82, 2.24) is 0 Å². The van der Waals surface area contributed by atoms with Gasteiger partial charge in [0.05, 0.1) is 11.3 Å². The van der Waals surface area contributed by atoms with Crippen molar-refractivity contribution in [2.75, 3.05) is 11.1 Å². The molecule has 1 aliphatic rings. The molecule has 0 radical (unpaired) electrons. The van der Waals surface area contributed by atoms with Crippen LogP contribution in [0.2, 0.25) is 5.02 Å². The number of carbonyl (C=O) groups is 2. The molecule has 0 aliphatic carbocycles. The van der Waals surface area contributed by atoms with Gasteiger partial charge in [-0.05, 0) is 41.6 Å². The Hall–Kier alpha value is -1.98. The van der Waals surface area contributed by atoms with Gasteiger partial charge in [0.25, 0.3) is 5.91 Å². The average molecular weight is 362 g/mol. The molecule has 2 aromatic carbocycles. The van der Waals surface area contributed by atoms with Crippen molar-refractivity contribution in [3.05, 3.63) is 58.6 Å². The average Bonchev–Trinajstić information content (AvgIpc) is 2.56. The largest absolute Gasteiger partial charge is 0.448 e. The lowest BCUT2D eigenvalue weighted by molar-refractivity contribution is -0.125. The van der Waals surface area contributed by atoms with E-state index in [0.29, 0.717) is 17.0 Å². The van der Waals surface area contributed by atoms with Crippen molar-refractivity contribution in [1.29, 1.82) is 0 Å². The minimum Gasteiger partial charge on any atom is -0.448 e. The number of para-hydroxylation sites is 1. The number of thioether (sulfide) groups is 1. The summed E-state index contributed by atoms with van der Waals surface area (Å²) in [6, 6.07) is 12.5. The van der Waals surface area contributed by atoms with E-state index in [1.54, 1.807) is 30.0 Å². The SMILES string of the molecule is CCSc1ccccc1NC(=O)C1Cc2cc(Cl)ccc2C(=O)O1. The van der Waals surface area contributed by atoms with Gasteiger partial charge in [-0.3, -0.25) is 4.79 Å². The maximum atomic E-state index is 12.5. The third-order valence-electron chi connectivity index (χ3n) is 3.68. The molecule has 0 saturated carbocycles. The van der Waals surface area contributed by atoms with Crippen LogP contribution in [0, 0.1) is 0 Å². The number of benzene rings is 2. The van der Waals surface area contributed by atoms with E-state index in [0.717, 1.165) is 21.9 Å². The van der Waals surface area contributed by atoms with Gasteiger partial charge in [0.1, 0.15) is 0 Å². The number of esters is 1. The number of rotatable bonds is 4. The van der Waals surface area contributed by atoms with Crippen molar-refractivity contribution >= 4 is 40.9 Å². The monoisotopic (exact) mass is 361 g/mol. The highest BCUT2D eigenvalue weighted by Gasteiger charge is 2.31. The number of anilines is 1. The summed E-state index contributed by atoms with van der Waals surface area (Å²) >= 11 is 7.62. The highest BCUT2D eigenvalue weighted by molar-refractivity contribution is 7.99. The first-order valence-corrected chi connectivity index (χ1v) is 8.97. The number of carbonyl (C=O) groups excluding carboxylic acids is 2. The first kappa shape index (κ1) is 16.9. The Kier molecular flexibility index (Phi) is 5.11. The molecule has 3 rings (SSSR count). The van der Waals surface area contributed by atoms with E-state index in [9.17, 15) is 9.59 Å². The lowest BCUT2D eigenvalue weighted by Gasteiger charge is -2.24. The third kappa shape index (κ3) is 3.57. The Morgan fingerprint density at radius 3 is 2.92 bits per heavy atom. The van der Waals surface area contributed by atoms with Crippen LogP contribution in [-0.4, -0.2) is 23.7 Å². The third-order valence-corrected chi connectivity index (χ3v) is 4.87. The summed E-state index contributed by atoms with van der Waals surface area (Å²) in [5.41, 5.74) is 1.92. The molecule has 1 heterocycles. The Balaban J connectivity index is 1.78. The van der Waals surface area contributed by atoms with Crippen molar-refractivity contribution in [3.63, 3.8) is 0 Å². The van der Waals surface area contributed by atoms with E-state index in [1.165, 1.54) is 0 Å². The van der Waals surface area contributed by atoms with Crippen LogP contribution in [0.5, 0.6) is 0 Å². The van der Waals surface area contributed by atoms with E-state index in [-0.39, 0.29) is 5.91 Å². The topological polar surface area (TPSA) is 55.4 Å². The molecule has 0 bridgehead atoms. The summed E-state index contributed by atoms with van der Waals surface area (Å²) in [7, 11) is 0. The first-order valence-electron chi connectivity index (χ1n) is 7.60. The lowest BCUT2D eigenvalue weighted by atomic mass is 9.98. The summed E-state index contributed by atoms with van der Waals surface area (Å²) < 4.78 is 5.29. The zero-order chi connectivity index (χ0) is 17.1. The predicted molar refractivity (Wildman–Crippen MR) is 95.8 cm³/mol. The number of hydrogen-bond donors (Lipinski definition) is 1. The van der Waals surface area contributed by atoms with Gasteiger partial charge in [-0.15, -0.1) is 11.8 Å². The van der Waals surface area contributed by atoms with Crippen molar-refractivity contribution < 1.29 is 14.3 Å². The molecule has 24 heavy (non-hydrogen) atoms. The summed E-state index contributed by atoms with van der Waals surface area (Å²) in [6.07, 6.45) is -0.542. The number of fused-ring (bicyclic) bond motifs is 1. The van der Waals surface area contributed by atoms with Gasteiger partial charge in [-0.25, -0.2) is 4.79 Å². The van der Waals surface area contributed by atoms with Crippen LogP contribution >= 0.6 is 23.4 Å². The Morgan fingerprint density at radius 2 is 2.12 bits per heavy atom. The molecule has 0 saturated heterocycles. The van der Waals surface area contributed by atoms with Gasteiger partial charge in [0.15, 0.2) is 6.10 Å². The van der Waals surface area contributed by atoms with Crippen LogP contribution in [-0.2, 0) is 16.0 Å².